The number of allylic oxidation sites excluding steroid dienone is 1. The zero-order valence-electron chi connectivity index (χ0n) is 16.1. The number of carbonyl (C=O) groups is 1. The van der Waals surface area contributed by atoms with Crippen molar-refractivity contribution in [2.45, 2.75) is 53.9 Å². The third-order valence-electron chi connectivity index (χ3n) is 2.41. The number of rotatable bonds is 6. The minimum Gasteiger partial charge on any atom is -0.269 e. The lowest BCUT2D eigenvalue weighted by atomic mass is 9.95. The van der Waals surface area contributed by atoms with Gasteiger partial charge < -0.3 is 0 Å². The molecule has 0 saturated heterocycles. The molecule has 0 unspecified atom stereocenters. The second-order valence-corrected chi connectivity index (χ2v) is 3.45. The molecule has 1 aromatic carbocycles. The molecule has 0 heterocycles. The van der Waals surface area contributed by atoms with Crippen LogP contribution in [-0.4, -0.2) is 25.4 Å². The van der Waals surface area contributed by atoms with Crippen molar-refractivity contribution >= 4 is 5.91 Å². The van der Waals surface area contributed by atoms with Gasteiger partial charge in [-0.2, -0.15) is 0 Å². The SMILES string of the molecule is C=CC[C@H](C(=O)N(OC)OC)c1ccccc1.CC.CC.CC. The molecule has 1 atom stereocenters. The molecule has 134 valence electrons. The Hall–Kier alpha value is -1.65. The normalized spacial score (nSPS) is 9.57. The standard InChI is InChI=1S/C13H17NO3.3C2H6/c1-4-8-12(11-9-6-5-7-10-11)13(15)14(16-2)17-3;3*1-2/h4-7,9-10,12H,1,8H2,2-3H3;3*1-2H3/t12-;;;/m0.../s1. The van der Waals surface area contributed by atoms with Gasteiger partial charge in [-0.15, -0.1) is 6.58 Å². The smallest absolute Gasteiger partial charge is 0.269 e. The summed E-state index contributed by atoms with van der Waals surface area (Å²) in [6.07, 6.45) is 2.24. The molecule has 0 bridgehead atoms. The third-order valence-corrected chi connectivity index (χ3v) is 2.41. The molecule has 0 aliphatic carbocycles. The van der Waals surface area contributed by atoms with Crippen LogP contribution in [0.15, 0.2) is 43.0 Å². The van der Waals surface area contributed by atoms with E-state index >= 15 is 0 Å². The Bertz CT molecular complexity index is 362. The molecule has 1 rings (SSSR count). The van der Waals surface area contributed by atoms with E-state index in [9.17, 15) is 4.79 Å². The summed E-state index contributed by atoms with van der Waals surface area (Å²) >= 11 is 0. The zero-order chi connectivity index (χ0) is 18.7. The van der Waals surface area contributed by atoms with Crippen molar-refractivity contribution in [2.24, 2.45) is 0 Å². The number of hydroxylamine groups is 2. The second-order valence-electron chi connectivity index (χ2n) is 3.45. The van der Waals surface area contributed by atoms with E-state index in [0.717, 1.165) is 10.8 Å². The van der Waals surface area contributed by atoms with Crippen molar-refractivity contribution in [1.82, 2.24) is 5.23 Å². The quantitative estimate of drug-likeness (QED) is 0.521. The Kier molecular flexibility index (Phi) is 23.2. The van der Waals surface area contributed by atoms with Gasteiger partial charge in [-0.3, -0.25) is 4.79 Å². The molecule has 4 nitrogen and oxygen atoms in total. The van der Waals surface area contributed by atoms with Crippen LogP contribution < -0.4 is 0 Å². The van der Waals surface area contributed by atoms with Crippen molar-refractivity contribution in [2.75, 3.05) is 14.2 Å². The molecule has 0 radical (unpaired) electrons. The number of nitrogens with zero attached hydrogens (tertiary/aromatic N) is 1. The lowest BCUT2D eigenvalue weighted by molar-refractivity contribution is -0.318. The van der Waals surface area contributed by atoms with Crippen LogP contribution in [0.2, 0.25) is 0 Å². The lowest BCUT2D eigenvalue weighted by Gasteiger charge is -2.22. The van der Waals surface area contributed by atoms with Crippen molar-refractivity contribution in [1.29, 1.82) is 0 Å². The van der Waals surface area contributed by atoms with Crippen LogP contribution in [0.4, 0.5) is 0 Å². The predicted molar refractivity (Wildman–Crippen MR) is 98.9 cm³/mol. The Morgan fingerprint density at radius 2 is 1.48 bits per heavy atom. The topological polar surface area (TPSA) is 38.8 Å². The maximum absolute atomic E-state index is 12.1. The van der Waals surface area contributed by atoms with Crippen LogP contribution in [0.5, 0.6) is 0 Å². The fourth-order valence-corrected chi connectivity index (χ4v) is 1.61. The van der Waals surface area contributed by atoms with Gasteiger partial charge in [0.05, 0.1) is 20.1 Å². The van der Waals surface area contributed by atoms with Gasteiger partial charge in [-0.05, 0) is 12.0 Å². The van der Waals surface area contributed by atoms with Crippen LogP contribution in [0.25, 0.3) is 0 Å². The first-order chi connectivity index (χ1) is 11.2. The molecular weight excluding hydrogens is 290 g/mol. The Morgan fingerprint density at radius 1 is 1.04 bits per heavy atom. The van der Waals surface area contributed by atoms with Crippen molar-refractivity contribution < 1.29 is 14.5 Å². The second kappa shape index (κ2) is 20.3. The van der Waals surface area contributed by atoms with Gasteiger partial charge in [0.1, 0.15) is 0 Å². The molecule has 4 heteroatoms. The highest BCUT2D eigenvalue weighted by Crippen LogP contribution is 2.22. The number of benzene rings is 1. The summed E-state index contributed by atoms with van der Waals surface area (Å²) in [6, 6.07) is 9.49. The molecule has 0 aliphatic heterocycles. The Labute approximate surface area is 143 Å². The van der Waals surface area contributed by atoms with Gasteiger partial charge in [0, 0.05) is 0 Å². The van der Waals surface area contributed by atoms with Crippen LogP contribution in [0.3, 0.4) is 0 Å². The first kappa shape index (κ1) is 26.3. The molecule has 1 amide bonds. The Morgan fingerprint density at radius 3 is 1.83 bits per heavy atom. The van der Waals surface area contributed by atoms with E-state index in [1.54, 1.807) is 6.08 Å². The number of hydrogen-bond donors (Lipinski definition) is 0. The highest BCUT2D eigenvalue weighted by Gasteiger charge is 2.25. The number of hydrogen-bond acceptors (Lipinski definition) is 3. The van der Waals surface area contributed by atoms with E-state index < -0.39 is 0 Å². The highest BCUT2D eigenvalue weighted by atomic mass is 16.9. The van der Waals surface area contributed by atoms with Crippen molar-refractivity contribution in [3.63, 3.8) is 0 Å². The van der Waals surface area contributed by atoms with E-state index in [1.165, 1.54) is 14.2 Å². The molecule has 0 saturated carbocycles. The minimum atomic E-state index is -0.339. The molecule has 23 heavy (non-hydrogen) atoms. The van der Waals surface area contributed by atoms with Crippen LogP contribution >= 0.6 is 0 Å². The number of amides is 1. The van der Waals surface area contributed by atoms with Gasteiger partial charge in [-0.1, -0.05) is 83.2 Å². The number of carbonyl (C=O) groups excluding carboxylic acids is 1. The monoisotopic (exact) mass is 325 g/mol. The van der Waals surface area contributed by atoms with Gasteiger partial charge in [0.15, 0.2) is 0 Å². The molecule has 0 aliphatic rings. The third kappa shape index (κ3) is 10.7. The van der Waals surface area contributed by atoms with Crippen molar-refractivity contribution in [3.05, 3.63) is 48.6 Å². The highest BCUT2D eigenvalue weighted by molar-refractivity contribution is 5.82. The first-order valence-electron chi connectivity index (χ1n) is 8.32. The van der Waals surface area contributed by atoms with E-state index in [-0.39, 0.29) is 11.8 Å². The summed E-state index contributed by atoms with van der Waals surface area (Å²) in [5.74, 6) is -0.588. The van der Waals surface area contributed by atoms with Crippen LogP contribution in [0, 0.1) is 0 Å². The Balaban J connectivity index is -0.000000595. The first-order valence-corrected chi connectivity index (χ1v) is 8.32. The van der Waals surface area contributed by atoms with E-state index in [0.29, 0.717) is 6.42 Å². The van der Waals surface area contributed by atoms with Gasteiger partial charge in [-0.25, -0.2) is 9.68 Å². The maximum Gasteiger partial charge on any atom is 0.281 e. The maximum atomic E-state index is 12.1. The van der Waals surface area contributed by atoms with E-state index in [1.807, 2.05) is 71.9 Å². The van der Waals surface area contributed by atoms with E-state index in [4.69, 9.17) is 9.68 Å². The molecule has 0 fully saturated rings. The fraction of sp³-hybridized carbons (Fsp3) is 0.526. The van der Waals surface area contributed by atoms with Gasteiger partial charge in [0.2, 0.25) is 0 Å². The van der Waals surface area contributed by atoms with Crippen LogP contribution in [-0.2, 0) is 14.5 Å². The summed E-state index contributed by atoms with van der Waals surface area (Å²) < 4.78 is 0. The predicted octanol–water partition coefficient (Wildman–Crippen LogP) is 5.38. The lowest BCUT2D eigenvalue weighted by Crippen LogP contribution is -2.33. The molecule has 0 N–H and O–H groups in total. The summed E-state index contributed by atoms with van der Waals surface area (Å²) in [6.45, 7) is 15.7. The van der Waals surface area contributed by atoms with Gasteiger partial charge in [0.25, 0.3) is 5.91 Å². The average Bonchev–Trinajstić information content (AvgIpc) is 2.66. The summed E-state index contributed by atoms with van der Waals surface area (Å²) in [5, 5.41) is 0.876. The van der Waals surface area contributed by atoms with E-state index in [2.05, 4.69) is 6.58 Å². The molecule has 1 aromatic rings. The largest absolute Gasteiger partial charge is 0.281 e. The summed E-state index contributed by atoms with van der Waals surface area (Å²) in [5.41, 5.74) is 0.913. The zero-order valence-corrected chi connectivity index (χ0v) is 16.1. The minimum absolute atomic E-state index is 0.249. The average molecular weight is 325 g/mol. The summed E-state index contributed by atoms with van der Waals surface area (Å²) in [7, 11) is 2.77. The van der Waals surface area contributed by atoms with Gasteiger partial charge >= 0.3 is 0 Å². The molecular formula is C19H35NO3. The van der Waals surface area contributed by atoms with Crippen LogP contribution in [0.1, 0.15) is 59.4 Å². The fourth-order valence-electron chi connectivity index (χ4n) is 1.61. The molecule has 0 aromatic heterocycles. The molecule has 0 spiro atoms. The van der Waals surface area contributed by atoms with Crippen molar-refractivity contribution in [3.8, 4) is 0 Å². The summed E-state index contributed by atoms with van der Waals surface area (Å²) in [4.78, 5) is 21.8.